The Kier molecular flexibility index (Phi) is 4.94. The van der Waals surface area contributed by atoms with Gasteiger partial charge in [-0.3, -0.25) is 0 Å². The fourth-order valence-electron chi connectivity index (χ4n) is 2.36. The van der Waals surface area contributed by atoms with Gasteiger partial charge in [0.2, 0.25) is 0 Å². The van der Waals surface area contributed by atoms with Crippen LogP contribution in [-0.2, 0) is 0 Å². The molecular weight excluding hydrogens is 268 g/mol. The van der Waals surface area contributed by atoms with E-state index in [1.54, 1.807) is 7.11 Å². The molecule has 0 bridgehead atoms. The largest absolute Gasteiger partial charge is 0.493 e. The van der Waals surface area contributed by atoms with Crippen LogP contribution in [0.15, 0.2) is 24.3 Å². The first-order valence-electron chi connectivity index (χ1n) is 7.37. The normalized spacial score (nSPS) is 17.3. The molecule has 2 N–H and O–H groups in total. The van der Waals surface area contributed by atoms with Crippen LogP contribution in [0.5, 0.6) is 11.5 Å². The summed E-state index contributed by atoms with van der Waals surface area (Å²) in [5.41, 5.74) is -0.0344. The molecule has 1 saturated carbocycles. The van der Waals surface area contributed by atoms with E-state index in [0.717, 1.165) is 12.8 Å². The topological polar surface area (TPSA) is 59.6 Å². The minimum absolute atomic E-state index is 0.0344. The minimum Gasteiger partial charge on any atom is -0.493 e. The molecule has 2 amide bonds. The van der Waals surface area contributed by atoms with Crippen LogP contribution in [0.4, 0.5) is 4.79 Å². The smallest absolute Gasteiger partial charge is 0.315 e. The van der Waals surface area contributed by atoms with E-state index in [0.29, 0.717) is 18.1 Å². The summed E-state index contributed by atoms with van der Waals surface area (Å²) in [6.07, 6.45) is 3.28. The van der Waals surface area contributed by atoms with Gasteiger partial charge in [0, 0.05) is 5.54 Å². The van der Waals surface area contributed by atoms with Crippen molar-refractivity contribution in [1.82, 2.24) is 10.6 Å². The summed E-state index contributed by atoms with van der Waals surface area (Å²) in [6, 6.07) is 7.26. The maximum absolute atomic E-state index is 11.9. The van der Waals surface area contributed by atoms with Crippen molar-refractivity contribution in [1.29, 1.82) is 0 Å². The Balaban J connectivity index is 1.76. The summed E-state index contributed by atoms with van der Waals surface area (Å²) < 4.78 is 10.9. The summed E-state index contributed by atoms with van der Waals surface area (Å²) in [5.74, 6) is 1.37. The average Bonchev–Trinajstić information content (AvgIpc) is 2.43. The highest BCUT2D eigenvalue weighted by Gasteiger charge is 2.33. The molecule has 5 nitrogen and oxygen atoms in total. The standard InChI is InChI=1S/C16H24N2O3/c1-12(17-15(19)18-16(2)9-6-10-16)11-21-14-8-5-4-7-13(14)20-3/h4-5,7-8,12H,6,9-11H2,1-3H3,(H2,17,18,19)/t12-/m1/s1. The molecular formula is C16H24N2O3. The lowest BCUT2D eigenvalue weighted by Gasteiger charge is -2.39. The third-order valence-electron chi connectivity index (χ3n) is 3.81. The second-order valence-electron chi connectivity index (χ2n) is 5.88. The Morgan fingerprint density at radius 3 is 2.57 bits per heavy atom. The van der Waals surface area contributed by atoms with Crippen LogP contribution in [0.25, 0.3) is 0 Å². The summed E-state index contributed by atoms with van der Waals surface area (Å²) in [4.78, 5) is 11.9. The molecule has 0 unspecified atom stereocenters. The second-order valence-corrected chi connectivity index (χ2v) is 5.88. The van der Waals surface area contributed by atoms with Gasteiger partial charge in [-0.15, -0.1) is 0 Å². The molecule has 1 atom stereocenters. The van der Waals surface area contributed by atoms with E-state index in [-0.39, 0.29) is 17.6 Å². The minimum atomic E-state index is -0.131. The van der Waals surface area contributed by atoms with Crippen LogP contribution >= 0.6 is 0 Å². The van der Waals surface area contributed by atoms with Crippen molar-refractivity contribution in [3.63, 3.8) is 0 Å². The molecule has 0 aromatic heterocycles. The predicted molar refractivity (Wildman–Crippen MR) is 81.9 cm³/mol. The quantitative estimate of drug-likeness (QED) is 0.847. The number of carbonyl (C=O) groups excluding carboxylic acids is 1. The summed E-state index contributed by atoms with van der Waals surface area (Å²) in [5, 5.41) is 5.91. The second kappa shape index (κ2) is 6.70. The number of ether oxygens (including phenoxy) is 2. The number of hydrogen-bond donors (Lipinski definition) is 2. The fraction of sp³-hybridized carbons (Fsp3) is 0.562. The lowest BCUT2D eigenvalue weighted by molar-refractivity contribution is 0.184. The van der Waals surface area contributed by atoms with Crippen LogP contribution in [0.2, 0.25) is 0 Å². The van der Waals surface area contributed by atoms with Gasteiger partial charge >= 0.3 is 6.03 Å². The average molecular weight is 292 g/mol. The molecule has 0 aliphatic heterocycles. The number of nitrogens with one attached hydrogen (secondary N) is 2. The molecule has 21 heavy (non-hydrogen) atoms. The molecule has 5 heteroatoms. The Hall–Kier alpha value is -1.91. The van der Waals surface area contributed by atoms with Crippen molar-refractivity contribution in [2.75, 3.05) is 13.7 Å². The van der Waals surface area contributed by atoms with Crippen LogP contribution < -0.4 is 20.1 Å². The van der Waals surface area contributed by atoms with Crippen LogP contribution in [-0.4, -0.2) is 31.3 Å². The van der Waals surface area contributed by atoms with Gasteiger partial charge in [0.05, 0.1) is 13.2 Å². The zero-order chi connectivity index (χ0) is 15.3. The lowest BCUT2D eigenvalue weighted by atomic mass is 9.79. The Bertz CT molecular complexity index is 486. The molecule has 1 aliphatic carbocycles. The number of carbonyl (C=O) groups is 1. The van der Waals surface area contributed by atoms with Crippen LogP contribution in [0.1, 0.15) is 33.1 Å². The number of urea groups is 1. The molecule has 0 heterocycles. The predicted octanol–water partition coefficient (Wildman–Crippen LogP) is 2.70. The first-order chi connectivity index (χ1) is 10.0. The van der Waals surface area contributed by atoms with Crippen molar-refractivity contribution in [2.24, 2.45) is 0 Å². The van der Waals surface area contributed by atoms with Gasteiger partial charge in [0.15, 0.2) is 11.5 Å². The molecule has 1 fully saturated rings. The number of rotatable bonds is 6. The molecule has 0 spiro atoms. The maximum atomic E-state index is 11.9. The van der Waals surface area contributed by atoms with Gasteiger partial charge in [-0.25, -0.2) is 4.79 Å². The number of hydrogen-bond acceptors (Lipinski definition) is 3. The van der Waals surface area contributed by atoms with Crippen molar-refractivity contribution in [3.05, 3.63) is 24.3 Å². The molecule has 2 rings (SSSR count). The zero-order valence-corrected chi connectivity index (χ0v) is 12.9. The summed E-state index contributed by atoms with van der Waals surface area (Å²) in [6.45, 7) is 4.38. The Morgan fingerprint density at radius 2 is 2.00 bits per heavy atom. The van der Waals surface area contributed by atoms with E-state index < -0.39 is 0 Å². The molecule has 0 saturated heterocycles. The molecule has 116 valence electrons. The number of amides is 2. The van der Waals surface area contributed by atoms with Gasteiger partial charge in [0.25, 0.3) is 0 Å². The van der Waals surface area contributed by atoms with Gasteiger partial charge < -0.3 is 20.1 Å². The van der Waals surface area contributed by atoms with Gasteiger partial charge in [0.1, 0.15) is 6.61 Å². The third kappa shape index (κ3) is 4.28. The van der Waals surface area contributed by atoms with Crippen molar-refractivity contribution in [3.8, 4) is 11.5 Å². The lowest BCUT2D eigenvalue weighted by Crippen LogP contribution is -2.56. The van der Waals surface area contributed by atoms with E-state index in [1.165, 1.54) is 6.42 Å². The Labute approximate surface area is 126 Å². The first kappa shape index (κ1) is 15.5. The van der Waals surface area contributed by atoms with Crippen molar-refractivity contribution < 1.29 is 14.3 Å². The maximum Gasteiger partial charge on any atom is 0.315 e. The fourth-order valence-corrected chi connectivity index (χ4v) is 2.36. The van der Waals surface area contributed by atoms with Crippen LogP contribution in [0, 0.1) is 0 Å². The SMILES string of the molecule is COc1ccccc1OC[C@@H](C)NC(=O)NC1(C)CCC1. The van der Waals surface area contributed by atoms with Crippen LogP contribution in [0.3, 0.4) is 0 Å². The summed E-state index contributed by atoms with van der Waals surface area (Å²) >= 11 is 0. The number of methoxy groups -OCH3 is 1. The van der Waals surface area contributed by atoms with Gasteiger partial charge in [-0.2, -0.15) is 0 Å². The molecule has 1 aromatic carbocycles. The molecule has 0 radical (unpaired) electrons. The van der Waals surface area contributed by atoms with Crippen molar-refractivity contribution >= 4 is 6.03 Å². The first-order valence-corrected chi connectivity index (χ1v) is 7.37. The number of para-hydroxylation sites is 2. The van der Waals surface area contributed by atoms with E-state index in [9.17, 15) is 4.79 Å². The molecule has 1 aromatic rings. The number of benzene rings is 1. The third-order valence-corrected chi connectivity index (χ3v) is 3.81. The Morgan fingerprint density at radius 1 is 1.33 bits per heavy atom. The van der Waals surface area contributed by atoms with E-state index in [2.05, 4.69) is 17.6 Å². The van der Waals surface area contributed by atoms with E-state index in [1.807, 2.05) is 31.2 Å². The van der Waals surface area contributed by atoms with Crippen molar-refractivity contribution in [2.45, 2.75) is 44.7 Å². The highest BCUT2D eigenvalue weighted by atomic mass is 16.5. The van der Waals surface area contributed by atoms with E-state index in [4.69, 9.17) is 9.47 Å². The monoisotopic (exact) mass is 292 g/mol. The van der Waals surface area contributed by atoms with Gasteiger partial charge in [-0.1, -0.05) is 12.1 Å². The van der Waals surface area contributed by atoms with Gasteiger partial charge in [-0.05, 0) is 45.2 Å². The highest BCUT2D eigenvalue weighted by Crippen LogP contribution is 2.30. The zero-order valence-electron chi connectivity index (χ0n) is 12.9. The molecule has 1 aliphatic rings. The summed E-state index contributed by atoms with van der Waals surface area (Å²) in [7, 11) is 1.61. The van der Waals surface area contributed by atoms with E-state index >= 15 is 0 Å². The highest BCUT2D eigenvalue weighted by molar-refractivity contribution is 5.75.